The first-order valence-corrected chi connectivity index (χ1v) is 4.80. The van der Waals surface area contributed by atoms with E-state index in [-0.39, 0.29) is 5.75 Å². The molecule has 0 aliphatic carbocycles. The summed E-state index contributed by atoms with van der Waals surface area (Å²) in [4.78, 5) is 0. The Labute approximate surface area is 84.2 Å². The summed E-state index contributed by atoms with van der Waals surface area (Å²) in [7, 11) is 1.49. The van der Waals surface area contributed by atoms with Crippen LogP contribution in [0.3, 0.4) is 0 Å². The molecular weight excluding hydrogens is 243 g/mol. The van der Waals surface area contributed by atoms with Crippen LogP contribution in [0.2, 0.25) is 5.02 Å². The Morgan fingerprint density at radius 3 is 2.75 bits per heavy atom. The van der Waals surface area contributed by atoms with Gasteiger partial charge >= 0.3 is 0 Å². The first-order chi connectivity index (χ1) is 5.69. The molecule has 1 rings (SSSR count). The molecule has 1 aromatic rings. The molecule has 1 N–H and O–H groups in total. The van der Waals surface area contributed by atoms with Gasteiger partial charge in [0.1, 0.15) is 0 Å². The van der Waals surface area contributed by atoms with E-state index >= 15 is 0 Å². The molecule has 0 aliphatic heterocycles. The van der Waals surface area contributed by atoms with Gasteiger partial charge in [0.2, 0.25) is 0 Å². The number of methoxy groups -OCH3 is 1. The van der Waals surface area contributed by atoms with Crippen LogP contribution in [-0.2, 0) is 5.33 Å². The molecule has 1 aromatic carbocycles. The highest BCUT2D eigenvalue weighted by Crippen LogP contribution is 2.34. The van der Waals surface area contributed by atoms with Crippen molar-refractivity contribution in [3.63, 3.8) is 0 Å². The quantitative estimate of drug-likeness (QED) is 0.819. The average molecular weight is 252 g/mol. The lowest BCUT2D eigenvalue weighted by Gasteiger charge is -2.07. The second kappa shape index (κ2) is 4.01. The Morgan fingerprint density at radius 1 is 1.58 bits per heavy atom. The van der Waals surface area contributed by atoms with Crippen LogP contribution >= 0.6 is 27.5 Å². The Hall–Kier alpha value is -0.410. The van der Waals surface area contributed by atoms with Gasteiger partial charge in [0, 0.05) is 22.0 Å². The SMILES string of the molecule is COc1cc(Cl)cc(CBr)c1O. The van der Waals surface area contributed by atoms with Crippen molar-refractivity contribution in [1.29, 1.82) is 0 Å². The lowest BCUT2D eigenvalue weighted by Crippen LogP contribution is -1.87. The van der Waals surface area contributed by atoms with Gasteiger partial charge < -0.3 is 9.84 Å². The van der Waals surface area contributed by atoms with Crippen molar-refractivity contribution in [3.8, 4) is 11.5 Å². The summed E-state index contributed by atoms with van der Waals surface area (Å²) in [6, 6.07) is 3.26. The minimum atomic E-state index is 0.138. The fourth-order valence-electron chi connectivity index (χ4n) is 0.886. The molecule has 0 fully saturated rings. The normalized spacial score (nSPS) is 9.92. The number of hydrogen-bond donors (Lipinski definition) is 1. The number of ether oxygens (including phenoxy) is 1. The molecule has 0 radical (unpaired) electrons. The molecule has 0 spiro atoms. The van der Waals surface area contributed by atoms with Crippen LogP contribution in [0, 0.1) is 0 Å². The number of halogens is 2. The van der Waals surface area contributed by atoms with E-state index in [4.69, 9.17) is 16.3 Å². The Bertz CT molecular complexity index is 263. The van der Waals surface area contributed by atoms with Gasteiger partial charge in [-0.2, -0.15) is 0 Å². The number of phenols is 1. The maximum atomic E-state index is 9.50. The predicted molar refractivity (Wildman–Crippen MR) is 52.3 cm³/mol. The fraction of sp³-hybridized carbons (Fsp3) is 0.250. The molecule has 12 heavy (non-hydrogen) atoms. The summed E-state index contributed by atoms with van der Waals surface area (Å²) < 4.78 is 4.91. The summed E-state index contributed by atoms with van der Waals surface area (Å²) in [5.74, 6) is 0.538. The maximum Gasteiger partial charge on any atom is 0.162 e. The van der Waals surface area contributed by atoms with E-state index in [9.17, 15) is 5.11 Å². The minimum absolute atomic E-state index is 0.138. The molecule has 0 saturated heterocycles. The Kier molecular flexibility index (Phi) is 3.23. The van der Waals surface area contributed by atoms with E-state index in [1.165, 1.54) is 7.11 Å². The van der Waals surface area contributed by atoms with E-state index in [1.807, 2.05) is 0 Å². The third kappa shape index (κ3) is 1.84. The number of rotatable bonds is 2. The molecule has 0 heterocycles. The van der Waals surface area contributed by atoms with E-state index in [2.05, 4.69) is 15.9 Å². The van der Waals surface area contributed by atoms with Gasteiger partial charge in [-0.15, -0.1) is 0 Å². The van der Waals surface area contributed by atoms with Crippen molar-refractivity contribution >= 4 is 27.5 Å². The summed E-state index contributed by atoms with van der Waals surface area (Å²) in [5, 5.41) is 10.6. The van der Waals surface area contributed by atoms with Gasteiger partial charge in [0.05, 0.1) is 7.11 Å². The van der Waals surface area contributed by atoms with Crippen LogP contribution in [0.15, 0.2) is 12.1 Å². The summed E-state index contributed by atoms with van der Waals surface area (Å²) in [6.07, 6.45) is 0. The third-order valence-electron chi connectivity index (χ3n) is 1.48. The number of hydrogen-bond acceptors (Lipinski definition) is 2. The molecular formula is C8H8BrClO2. The van der Waals surface area contributed by atoms with E-state index in [0.29, 0.717) is 16.1 Å². The topological polar surface area (TPSA) is 29.5 Å². The third-order valence-corrected chi connectivity index (χ3v) is 2.30. The van der Waals surface area contributed by atoms with E-state index < -0.39 is 0 Å². The molecule has 0 amide bonds. The molecule has 0 bridgehead atoms. The van der Waals surface area contributed by atoms with Gasteiger partial charge in [0.15, 0.2) is 11.5 Å². The van der Waals surface area contributed by atoms with Crippen LogP contribution in [0.5, 0.6) is 11.5 Å². The predicted octanol–water partition coefficient (Wildman–Crippen LogP) is 2.95. The first kappa shape index (κ1) is 9.68. The molecule has 0 atom stereocenters. The largest absolute Gasteiger partial charge is 0.504 e. The van der Waals surface area contributed by atoms with Crippen molar-refractivity contribution in [3.05, 3.63) is 22.7 Å². The molecule has 4 heteroatoms. The van der Waals surface area contributed by atoms with Crippen LogP contribution in [0.1, 0.15) is 5.56 Å². The highest BCUT2D eigenvalue weighted by molar-refractivity contribution is 9.08. The molecule has 66 valence electrons. The van der Waals surface area contributed by atoms with Crippen LogP contribution in [0.25, 0.3) is 0 Å². The average Bonchev–Trinajstić information content (AvgIpc) is 2.08. The molecule has 0 saturated carbocycles. The molecule has 0 aliphatic rings. The zero-order valence-electron chi connectivity index (χ0n) is 6.47. The smallest absolute Gasteiger partial charge is 0.162 e. The fourth-order valence-corrected chi connectivity index (χ4v) is 1.54. The van der Waals surface area contributed by atoms with Crippen molar-refractivity contribution in [2.75, 3.05) is 7.11 Å². The van der Waals surface area contributed by atoms with Gasteiger partial charge in [-0.3, -0.25) is 0 Å². The molecule has 0 aromatic heterocycles. The summed E-state index contributed by atoms with van der Waals surface area (Å²) >= 11 is 9.00. The second-order valence-electron chi connectivity index (χ2n) is 2.25. The Balaban J connectivity index is 3.22. The van der Waals surface area contributed by atoms with E-state index in [1.54, 1.807) is 12.1 Å². The summed E-state index contributed by atoms with van der Waals surface area (Å²) in [6.45, 7) is 0. The highest BCUT2D eigenvalue weighted by atomic mass is 79.9. The van der Waals surface area contributed by atoms with Gasteiger partial charge in [-0.05, 0) is 6.07 Å². The second-order valence-corrected chi connectivity index (χ2v) is 3.25. The van der Waals surface area contributed by atoms with Crippen molar-refractivity contribution < 1.29 is 9.84 Å². The number of alkyl halides is 1. The van der Waals surface area contributed by atoms with Crippen molar-refractivity contribution in [2.24, 2.45) is 0 Å². The van der Waals surface area contributed by atoms with E-state index in [0.717, 1.165) is 5.56 Å². The van der Waals surface area contributed by atoms with Crippen LogP contribution in [0.4, 0.5) is 0 Å². The number of benzene rings is 1. The number of aromatic hydroxyl groups is 1. The standard InChI is InChI=1S/C8H8BrClO2/c1-12-7-3-6(10)2-5(4-9)8(7)11/h2-3,11H,4H2,1H3. The highest BCUT2D eigenvalue weighted by Gasteiger charge is 2.07. The van der Waals surface area contributed by atoms with Crippen LogP contribution < -0.4 is 4.74 Å². The lowest BCUT2D eigenvalue weighted by atomic mass is 10.2. The maximum absolute atomic E-state index is 9.50. The van der Waals surface area contributed by atoms with Gasteiger partial charge in [-0.1, -0.05) is 27.5 Å². The molecule has 2 nitrogen and oxygen atoms in total. The molecule has 0 unspecified atom stereocenters. The zero-order valence-corrected chi connectivity index (χ0v) is 8.82. The lowest BCUT2D eigenvalue weighted by molar-refractivity contribution is 0.371. The zero-order chi connectivity index (χ0) is 9.14. The first-order valence-electron chi connectivity index (χ1n) is 3.30. The number of phenolic OH excluding ortho intramolecular Hbond substituents is 1. The Morgan fingerprint density at radius 2 is 2.25 bits per heavy atom. The van der Waals surface area contributed by atoms with Crippen molar-refractivity contribution in [2.45, 2.75) is 5.33 Å². The monoisotopic (exact) mass is 250 g/mol. The van der Waals surface area contributed by atoms with Crippen LogP contribution in [-0.4, -0.2) is 12.2 Å². The van der Waals surface area contributed by atoms with Gasteiger partial charge in [0.25, 0.3) is 0 Å². The van der Waals surface area contributed by atoms with Crippen molar-refractivity contribution in [1.82, 2.24) is 0 Å². The summed E-state index contributed by atoms with van der Waals surface area (Å²) in [5.41, 5.74) is 0.722. The minimum Gasteiger partial charge on any atom is -0.504 e. The van der Waals surface area contributed by atoms with Gasteiger partial charge in [-0.25, -0.2) is 0 Å².